The van der Waals surface area contributed by atoms with Crippen molar-refractivity contribution in [2.24, 2.45) is 5.73 Å². The van der Waals surface area contributed by atoms with Crippen LogP contribution in [0.2, 0.25) is 0 Å². The minimum Gasteiger partial charge on any atom is -0.497 e. The number of rotatable bonds is 8. The Morgan fingerprint density at radius 1 is 1.11 bits per heavy atom. The number of nitrogens with zero attached hydrogens (tertiary/aromatic N) is 1. The third-order valence-electron chi connectivity index (χ3n) is 3.67. The van der Waals surface area contributed by atoms with Gasteiger partial charge in [-0.25, -0.2) is 4.79 Å². The average molecular weight is 435 g/mol. The molecule has 0 aromatic heterocycles. The molecule has 0 aliphatic carbocycles. The van der Waals surface area contributed by atoms with Crippen LogP contribution in [0.1, 0.15) is 16.8 Å². The lowest BCUT2D eigenvalue weighted by molar-refractivity contribution is -0.121. The van der Waals surface area contributed by atoms with Crippen molar-refractivity contribution in [2.75, 3.05) is 25.2 Å². The second-order valence-corrected chi connectivity index (χ2v) is 6.37. The van der Waals surface area contributed by atoms with E-state index in [-0.39, 0.29) is 18.5 Å². The van der Waals surface area contributed by atoms with Gasteiger partial charge in [-0.1, -0.05) is 18.2 Å². The highest BCUT2D eigenvalue weighted by Gasteiger charge is 2.20. The lowest BCUT2D eigenvalue weighted by atomic mass is 10.2. The molecule has 2 amide bonds. The molecule has 142 valence electrons. The Balaban J connectivity index is 2.08. The fraction of sp³-hybridized carbons (Fsp3) is 0.211. The third-order valence-corrected chi connectivity index (χ3v) is 4.36. The normalized spacial score (nSPS) is 10.1. The molecule has 2 aromatic carbocycles. The van der Waals surface area contributed by atoms with Crippen molar-refractivity contribution in [2.45, 2.75) is 6.42 Å². The van der Waals surface area contributed by atoms with Gasteiger partial charge < -0.3 is 20.1 Å². The van der Waals surface area contributed by atoms with E-state index in [1.807, 2.05) is 0 Å². The van der Waals surface area contributed by atoms with E-state index in [2.05, 4.69) is 15.9 Å². The van der Waals surface area contributed by atoms with Crippen LogP contribution in [0.25, 0.3) is 0 Å². The van der Waals surface area contributed by atoms with Crippen molar-refractivity contribution in [1.29, 1.82) is 0 Å². The lowest BCUT2D eigenvalue weighted by Gasteiger charge is -2.22. The van der Waals surface area contributed by atoms with Gasteiger partial charge >= 0.3 is 5.97 Å². The number of halogens is 1. The van der Waals surface area contributed by atoms with Crippen LogP contribution in [0.5, 0.6) is 5.75 Å². The Hall–Kier alpha value is -2.87. The largest absolute Gasteiger partial charge is 0.497 e. The topological polar surface area (TPSA) is 98.9 Å². The molecular formula is C19H19BrN2O5. The van der Waals surface area contributed by atoms with Gasteiger partial charge in [-0.3, -0.25) is 9.59 Å². The molecule has 0 saturated carbocycles. The molecule has 8 heteroatoms. The molecule has 0 aliphatic rings. The average Bonchev–Trinajstić information content (AvgIpc) is 2.67. The highest BCUT2D eigenvalue weighted by Crippen LogP contribution is 2.23. The van der Waals surface area contributed by atoms with Crippen molar-refractivity contribution in [3.8, 4) is 5.75 Å². The van der Waals surface area contributed by atoms with Crippen molar-refractivity contribution < 1.29 is 23.9 Å². The number of amides is 2. The van der Waals surface area contributed by atoms with Crippen LogP contribution < -0.4 is 15.4 Å². The lowest BCUT2D eigenvalue weighted by Crippen LogP contribution is -2.37. The quantitative estimate of drug-likeness (QED) is 0.643. The van der Waals surface area contributed by atoms with Crippen LogP contribution in [-0.4, -0.2) is 38.0 Å². The fourth-order valence-electron chi connectivity index (χ4n) is 2.30. The van der Waals surface area contributed by atoms with Gasteiger partial charge in [-0.2, -0.15) is 0 Å². The number of para-hydroxylation sites is 1. The Kier molecular flexibility index (Phi) is 7.36. The van der Waals surface area contributed by atoms with Crippen LogP contribution in [0, 0.1) is 0 Å². The molecule has 0 unspecified atom stereocenters. The summed E-state index contributed by atoms with van der Waals surface area (Å²) in [7, 11) is 1.48. The molecule has 0 radical (unpaired) electrons. The Morgan fingerprint density at radius 2 is 1.81 bits per heavy atom. The molecule has 27 heavy (non-hydrogen) atoms. The van der Waals surface area contributed by atoms with Gasteiger partial charge in [0.25, 0.3) is 5.91 Å². The van der Waals surface area contributed by atoms with Crippen LogP contribution in [0.4, 0.5) is 5.69 Å². The SMILES string of the molecule is COc1ccc(Br)c(C(=O)OCC(=O)N(CCC(N)=O)c2ccccc2)c1. The first-order valence-electron chi connectivity index (χ1n) is 8.06. The molecule has 0 bridgehead atoms. The predicted molar refractivity (Wildman–Crippen MR) is 104 cm³/mol. The summed E-state index contributed by atoms with van der Waals surface area (Å²) in [6.45, 7) is -0.380. The van der Waals surface area contributed by atoms with Gasteiger partial charge in [0.1, 0.15) is 5.75 Å². The van der Waals surface area contributed by atoms with Gasteiger partial charge in [0.2, 0.25) is 5.91 Å². The minimum absolute atomic E-state index is 0.00396. The molecule has 0 saturated heterocycles. The van der Waals surface area contributed by atoms with E-state index < -0.39 is 24.4 Å². The summed E-state index contributed by atoms with van der Waals surface area (Å²) in [6, 6.07) is 13.6. The number of anilines is 1. The summed E-state index contributed by atoms with van der Waals surface area (Å²) < 4.78 is 10.8. The summed E-state index contributed by atoms with van der Waals surface area (Å²) in [4.78, 5) is 37.3. The highest BCUT2D eigenvalue weighted by molar-refractivity contribution is 9.10. The maximum absolute atomic E-state index is 12.6. The summed E-state index contributed by atoms with van der Waals surface area (Å²) in [5.41, 5.74) is 6.01. The number of hydrogen-bond donors (Lipinski definition) is 1. The first-order valence-corrected chi connectivity index (χ1v) is 8.86. The summed E-state index contributed by atoms with van der Waals surface area (Å²) in [6.07, 6.45) is -0.00396. The zero-order valence-electron chi connectivity index (χ0n) is 14.7. The second-order valence-electron chi connectivity index (χ2n) is 5.52. The molecular weight excluding hydrogens is 416 g/mol. The number of ether oxygens (including phenoxy) is 2. The standard InChI is InChI=1S/C19H19BrN2O5/c1-26-14-7-8-16(20)15(11-14)19(25)27-12-18(24)22(10-9-17(21)23)13-5-3-2-4-6-13/h2-8,11H,9-10,12H2,1H3,(H2,21,23). The summed E-state index contributed by atoms with van der Waals surface area (Å²) in [5, 5.41) is 0. The third kappa shape index (κ3) is 5.82. The van der Waals surface area contributed by atoms with Gasteiger partial charge in [0, 0.05) is 23.1 Å². The monoisotopic (exact) mass is 434 g/mol. The molecule has 7 nitrogen and oxygen atoms in total. The van der Waals surface area contributed by atoms with Crippen LogP contribution in [0.15, 0.2) is 53.0 Å². The molecule has 2 N–H and O–H groups in total. The van der Waals surface area contributed by atoms with Crippen molar-refractivity contribution in [3.05, 3.63) is 58.6 Å². The van der Waals surface area contributed by atoms with Crippen molar-refractivity contribution >= 4 is 39.4 Å². The number of carbonyl (C=O) groups excluding carboxylic acids is 3. The first-order chi connectivity index (χ1) is 12.9. The van der Waals surface area contributed by atoms with E-state index >= 15 is 0 Å². The van der Waals surface area contributed by atoms with Gasteiger partial charge in [-0.15, -0.1) is 0 Å². The molecule has 0 spiro atoms. The molecule has 0 atom stereocenters. The number of primary amides is 1. The molecule has 0 fully saturated rings. The molecule has 0 heterocycles. The van der Waals surface area contributed by atoms with E-state index in [9.17, 15) is 14.4 Å². The first kappa shape index (κ1) is 20.4. The van der Waals surface area contributed by atoms with Gasteiger partial charge in [0.15, 0.2) is 6.61 Å². The summed E-state index contributed by atoms with van der Waals surface area (Å²) in [5.74, 6) is -1.17. The Labute approximate surface area is 165 Å². The maximum atomic E-state index is 12.6. The van der Waals surface area contributed by atoms with Crippen LogP contribution in [-0.2, 0) is 14.3 Å². The van der Waals surface area contributed by atoms with Crippen molar-refractivity contribution in [3.63, 3.8) is 0 Å². The zero-order valence-corrected chi connectivity index (χ0v) is 16.3. The smallest absolute Gasteiger partial charge is 0.339 e. The van der Waals surface area contributed by atoms with E-state index in [1.54, 1.807) is 42.5 Å². The van der Waals surface area contributed by atoms with E-state index in [0.717, 1.165) is 0 Å². The number of benzene rings is 2. The molecule has 2 rings (SSSR count). The summed E-state index contributed by atoms with van der Waals surface area (Å²) >= 11 is 3.27. The van der Waals surface area contributed by atoms with Gasteiger partial charge in [-0.05, 0) is 46.3 Å². The number of hydrogen-bond acceptors (Lipinski definition) is 5. The fourth-order valence-corrected chi connectivity index (χ4v) is 2.71. The predicted octanol–water partition coefficient (Wildman–Crippen LogP) is 2.52. The van der Waals surface area contributed by atoms with E-state index in [4.69, 9.17) is 15.2 Å². The number of esters is 1. The highest BCUT2D eigenvalue weighted by atomic mass is 79.9. The number of methoxy groups -OCH3 is 1. The number of nitrogens with two attached hydrogens (primary N) is 1. The zero-order chi connectivity index (χ0) is 19.8. The number of carbonyl (C=O) groups is 3. The van der Waals surface area contributed by atoms with Crippen molar-refractivity contribution in [1.82, 2.24) is 0 Å². The molecule has 0 aliphatic heterocycles. The van der Waals surface area contributed by atoms with Crippen LogP contribution in [0.3, 0.4) is 0 Å². The van der Waals surface area contributed by atoms with E-state index in [0.29, 0.717) is 15.9 Å². The van der Waals surface area contributed by atoms with Gasteiger partial charge in [0.05, 0.1) is 12.7 Å². The molecule has 2 aromatic rings. The second kappa shape index (κ2) is 9.72. The maximum Gasteiger partial charge on any atom is 0.339 e. The minimum atomic E-state index is -0.669. The Morgan fingerprint density at radius 3 is 2.44 bits per heavy atom. The van der Waals surface area contributed by atoms with E-state index in [1.165, 1.54) is 18.1 Å². The Bertz CT molecular complexity index is 826. The van der Waals surface area contributed by atoms with Crippen LogP contribution >= 0.6 is 15.9 Å².